The Morgan fingerprint density at radius 1 is 0.696 bits per heavy atom. The quantitative estimate of drug-likeness (QED) is 0.723. The molecule has 0 aromatic heterocycles. The average molecular weight is 334 g/mol. The van der Waals surface area contributed by atoms with Gasteiger partial charge in [0.15, 0.2) is 0 Å². The van der Waals surface area contributed by atoms with E-state index in [9.17, 15) is 0 Å². The van der Waals surface area contributed by atoms with E-state index in [1.807, 2.05) is 36.4 Å². The molecule has 0 radical (unpaired) electrons. The van der Waals surface area contributed by atoms with E-state index in [0.29, 0.717) is 0 Å². The van der Waals surface area contributed by atoms with Gasteiger partial charge in [-0.25, -0.2) is 0 Å². The molecule has 2 aromatic rings. The summed E-state index contributed by atoms with van der Waals surface area (Å²) in [5, 5.41) is 0. The fraction of sp³-hybridized carbons (Fsp3) is 0.333. The number of rotatable bonds is 7. The molecular formula is C18H23O4P. The Hall–Kier alpha value is -1.93. The molecule has 0 bridgehead atoms. The number of ether oxygens (including phenoxy) is 4. The molecule has 23 heavy (non-hydrogen) atoms. The molecule has 1 unspecified atom stereocenters. The molecule has 0 aliphatic rings. The number of methoxy groups -OCH3 is 4. The van der Waals surface area contributed by atoms with Crippen molar-refractivity contribution in [2.75, 3.05) is 34.6 Å². The zero-order valence-corrected chi connectivity index (χ0v) is 15.1. The summed E-state index contributed by atoms with van der Waals surface area (Å²) >= 11 is 0. The molecule has 124 valence electrons. The highest BCUT2D eigenvalue weighted by Gasteiger charge is 2.27. The van der Waals surface area contributed by atoms with Crippen molar-refractivity contribution < 1.29 is 18.9 Å². The first kappa shape index (κ1) is 17.4. The summed E-state index contributed by atoms with van der Waals surface area (Å²) < 4.78 is 22.3. The number of hydrogen-bond acceptors (Lipinski definition) is 4. The molecule has 2 aromatic carbocycles. The third-order valence-corrected chi connectivity index (χ3v) is 4.34. The zero-order valence-electron chi connectivity index (χ0n) is 14.0. The third-order valence-electron chi connectivity index (χ3n) is 3.86. The second kappa shape index (κ2) is 8.07. The minimum absolute atomic E-state index is 0.00259. The number of hydrogen-bond donors (Lipinski definition) is 0. The van der Waals surface area contributed by atoms with Gasteiger partial charge in [-0.15, -0.1) is 9.24 Å². The van der Waals surface area contributed by atoms with Crippen molar-refractivity contribution in [2.24, 2.45) is 0 Å². The fourth-order valence-electron chi connectivity index (χ4n) is 2.83. The molecule has 0 amide bonds. The van der Waals surface area contributed by atoms with Gasteiger partial charge in [-0.3, -0.25) is 0 Å². The summed E-state index contributed by atoms with van der Waals surface area (Å²) in [7, 11) is 9.45. The van der Waals surface area contributed by atoms with Gasteiger partial charge in [-0.1, -0.05) is 12.1 Å². The van der Waals surface area contributed by atoms with Crippen LogP contribution in [0.15, 0.2) is 36.4 Å². The minimum Gasteiger partial charge on any atom is -0.496 e. The Labute approximate surface area is 139 Å². The van der Waals surface area contributed by atoms with E-state index < -0.39 is 0 Å². The molecular weight excluding hydrogens is 311 g/mol. The highest BCUT2D eigenvalue weighted by molar-refractivity contribution is 7.16. The van der Waals surface area contributed by atoms with Crippen molar-refractivity contribution in [3.05, 3.63) is 47.5 Å². The van der Waals surface area contributed by atoms with Crippen LogP contribution in [0.1, 0.15) is 17.0 Å². The topological polar surface area (TPSA) is 36.9 Å². The molecule has 4 nitrogen and oxygen atoms in total. The van der Waals surface area contributed by atoms with Crippen LogP contribution < -0.4 is 18.9 Å². The minimum atomic E-state index is -0.00259. The third kappa shape index (κ3) is 3.37. The van der Waals surface area contributed by atoms with E-state index >= 15 is 0 Å². The Kier molecular flexibility index (Phi) is 6.12. The van der Waals surface area contributed by atoms with Crippen LogP contribution in [-0.2, 0) is 0 Å². The lowest BCUT2D eigenvalue weighted by Gasteiger charge is -2.24. The molecule has 0 aliphatic heterocycles. The lowest BCUT2D eigenvalue weighted by molar-refractivity contribution is 0.372. The SMILES string of the molecule is COc1cccc(OC)c1C(CP)c1c(OC)cccc1OC. The van der Waals surface area contributed by atoms with Gasteiger partial charge in [0.2, 0.25) is 0 Å². The monoisotopic (exact) mass is 334 g/mol. The van der Waals surface area contributed by atoms with E-state index in [4.69, 9.17) is 18.9 Å². The summed E-state index contributed by atoms with van der Waals surface area (Å²) in [6, 6.07) is 11.6. The van der Waals surface area contributed by atoms with Crippen molar-refractivity contribution in [3.8, 4) is 23.0 Å². The van der Waals surface area contributed by atoms with Crippen molar-refractivity contribution >= 4 is 9.24 Å². The molecule has 1 atom stereocenters. The van der Waals surface area contributed by atoms with E-state index in [0.717, 1.165) is 40.3 Å². The summed E-state index contributed by atoms with van der Waals surface area (Å²) in [6.07, 6.45) is 0.771. The van der Waals surface area contributed by atoms with Gasteiger partial charge < -0.3 is 18.9 Å². The average Bonchev–Trinajstić information content (AvgIpc) is 2.62. The van der Waals surface area contributed by atoms with Gasteiger partial charge >= 0.3 is 0 Å². The van der Waals surface area contributed by atoms with E-state index in [1.54, 1.807) is 28.4 Å². The lowest BCUT2D eigenvalue weighted by atomic mass is 9.89. The summed E-state index contributed by atoms with van der Waals surface area (Å²) in [6.45, 7) is 0. The van der Waals surface area contributed by atoms with Crippen LogP contribution in [-0.4, -0.2) is 34.6 Å². The van der Waals surface area contributed by atoms with E-state index in [2.05, 4.69) is 9.24 Å². The maximum Gasteiger partial charge on any atom is 0.126 e. The Balaban J connectivity index is 2.71. The molecule has 2 rings (SSSR count). The van der Waals surface area contributed by atoms with Gasteiger partial charge in [0, 0.05) is 17.0 Å². The number of benzene rings is 2. The largest absolute Gasteiger partial charge is 0.496 e. The van der Waals surface area contributed by atoms with Crippen LogP contribution in [0.25, 0.3) is 0 Å². The maximum absolute atomic E-state index is 5.57. The zero-order chi connectivity index (χ0) is 16.8. The Morgan fingerprint density at radius 2 is 1.00 bits per heavy atom. The summed E-state index contributed by atoms with van der Waals surface area (Å²) in [4.78, 5) is 0. The van der Waals surface area contributed by atoms with Crippen LogP contribution in [0.5, 0.6) is 23.0 Å². The predicted octanol–water partition coefficient (Wildman–Crippen LogP) is 3.73. The van der Waals surface area contributed by atoms with Gasteiger partial charge in [0.25, 0.3) is 0 Å². The smallest absolute Gasteiger partial charge is 0.126 e. The van der Waals surface area contributed by atoms with Crippen LogP contribution in [0.3, 0.4) is 0 Å². The molecule has 0 saturated heterocycles. The van der Waals surface area contributed by atoms with Crippen molar-refractivity contribution in [1.29, 1.82) is 0 Å². The van der Waals surface area contributed by atoms with Gasteiger partial charge in [-0.2, -0.15) is 0 Å². The maximum atomic E-state index is 5.57. The predicted molar refractivity (Wildman–Crippen MR) is 95.5 cm³/mol. The molecule has 0 spiro atoms. The van der Waals surface area contributed by atoms with Crippen LogP contribution in [0, 0.1) is 0 Å². The van der Waals surface area contributed by atoms with Gasteiger partial charge in [0.05, 0.1) is 28.4 Å². The first-order chi connectivity index (χ1) is 11.2. The van der Waals surface area contributed by atoms with Crippen molar-refractivity contribution in [1.82, 2.24) is 0 Å². The molecule has 0 saturated carbocycles. The van der Waals surface area contributed by atoms with Gasteiger partial charge in [0.1, 0.15) is 23.0 Å². The van der Waals surface area contributed by atoms with Crippen molar-refractivity contribution in [3.63, 3.8) is 0 Å². The summed E-state index contributed by atoms with van der Waals surface area (Å²) in [5.41, 5.74) is 1.96. The van der Waals surface area contributed by atoms with E-state index in [1.165, 1.54) is 0 Å². The molecule has 0 aliphatic carbocycles. The lowest BCUT2D eigenvalue weighted by Crippen LogP contribution is -2.10. The van der Waals surface area contributed by atoms with Crippen LogP contribution >= 0.6 is 9.24 Å². The van der Waals surface area contributed by atoms with Crippen LogP contribution in [0.4, 0.5) is 0 Å². The fourth-order valence-corrected chi connectivity index (χ4v) is 3.30. The van der Waals surface area contributed by atoms with Crippen molar-refractivity contribution in [2.45, 2.75) is 5.92 Å². The second-order valence-corrected chi connectivity index (χ2v) is 5.41. The van der Waals surface area contributed by atoms with Gasteiger partial charge in [-0.05, 0) is 30.4 Å². The molecule has 0 fully saturated rings. The Bertz CT molecular complexity index is 557. The van der Waals surface area contributed by atoms with Crippen LogP contribution in [0.2, 0.25) is 0 Å². The molecule has 0 N–H and O–H groups in total. The normalized spacial score (nSPS) is 10.5. The highest BCUT2D eigenvalue weighted by atomic mass is 31.0. The summed E-state index contributed by atoms with van der Waals surface area (Å²) in [5.74, 6) is 3.13. The molecule has 0 heterocycles. The molecule has 5 heteroatoms. The van der Waals surface area contributed by atoms with E-state index in [-0.39, 0.29) is 5.92 Å². The highest BCUT2D eigenvalue weighted by Crippen LogP contribution is 2.45. The standard InChI is InChI=1S/C18H23O4P/c1-19-13-7-5-8-14(20-2)17(13)12(11-23)18-15(21-3)9-6-10-16(18)22-4/h5-10,12H,11,23H2,1-4H3. The Morgan fingerprint density at radius 3 is 1.22 bits per heavy atom. The first-order valence-corrected chi connectivity index (χ1v) is 8.15. The second-order valence-electron chi connectivity index (χ2n) is 4.94. The first-order valence-electron chi connectivity index (χ1n) is 7.33.